The van der Waals surface area contributed by atoms with Crippen LogP contribution in [0.3, 0.4) is 0 Å². The fourth-order valence-corrected chi connectivity index (χ4v) is 3.07. The molecule has 27 heavy (non-hydrogen) atoms. The summed E-state index contributed by atoms with van der Waals surface area (Å²) in [4.78, 5) is 8.87. The van der Waals surface area contributed by atoms with E-state index in [1.165, 1.54) is 0 Å². The van der Waals surface area contributed by atoms with E-state index in [1.807, 2.05) is 54.6 Å². The third-order valence-corrected chi connectivity index (χ3v) is 4.44. The molecule has 4 aromatic rings. The highest BCUT2D eigenvalue weighted by atomic mass is 16.6. The molecule has 1 atom stereocenters. The first-order chi connectivity index (χ1) is 13.3. The molecule has 1 aliphatic heterocycles. The van der Waals surface area contributed by atoms with Gasteiger partial charge in [0.2, 0.25) is 0 Å². The average molecular weight is 360 g/mol. The van der Waals surface area contributed by atoms with Crippen LogP contribution in [0.15, 0.2) is 60.8 Å². The largest absolute Gasteiger partial charge is 0.497 e. The molecule has 0 saturated carbocycles. The summed E-state index contributed by atoms with van der Waals surface area (Å²) in [5.74, 6) is 3.28. The van der Waals surface area contributed by atoms with Crippen molar-refractivity contribution in [2.45, 2.75) is 6.10 Å². The predicted molar refractivity (Wildman–Crippen MR) is 98.1 cm³/mol. The summed E-state index contributed by atoms with van der Waals surface area (Å²) in [6.45, 7) is 0.353. The number of rotatable bonds is 3. The second-order valence-corrected chi connectivity index (χ2v) is 6.10. The van der Waals surface area contributed by atoms with Gasteiger partial charge in [0, 0.05) is 11.8 Å². The van der Waals surface area contributed by atoms with Gasteiger partial charge in [-0.15, -0.1) is 5.10 Å². The standard InChI is InChI=1S/C20H16N4O3/c1-25-14-8-6-13(7-9-14)15-10-11-21-20-22-19(23-24(15)20)18-12-26-16-4-2-3-5-17(16)27-18/h2-11,18H,12H2,1H3/t18-/m0/s1. The Morgan fingerprint density at radius 2 is 1.85 bits per heavy atom. The normalized spacial score (nSPS) is 15.7. The maximum absolute atomic E-state index is 6.02. The first-order valence-electron chi connectivity index (χ1n) is 8.56. The highest BCUT2D eigenvalue weighted by Gasteiger charge is 2.26. The van der Waals surface area contributed by atoms with Crippen molar-refractivity contribution in [1.29, 1.82) is 0 Å². The number of fused-ring (bicyclic) bond motifs is 2. The van der Waals surface area contributed by atoms with Crippen LogP contribution in [-0.2, 0) is 0 Å². The lowest BCUT2D eigenvalue weighted by molar-refractivity contribution is 0.0852. The summed E-state index contributed by atoms with van der Waals surface area (Å²) in [6, 6.07) is 17.3. The molecular weight excluding hydrogens is 344 g/mol. The van der Waals surface area contributed by atoms with Crippen LogP contribution in [0.25, 0.3) is 17.0 Å². The molecule has 0 bridgehead atoms. The van der Waals surface area contributed by atoms with Gasteiger partial charge in [-0.25, -0.2) is 4.98 Å². The topological polar surface area (TPSA) is 70.8 Å². The monoisotopic (exact) mass is 360 g/mol. The van der Waals surface area contributed by atoms with Gasteiger partial charge in [-0.05, 0) is 42.5 Å². The first-order valence-corrected chi connectivity index (χ1v) is 8.56. The SMILES string of the molecule is COc1ccc(-c2ccnc3nc([C@@H]4COc5ccccc5O4)nn23)cc1. The Labute approximate surface area is 155 Å². The van der Waals surface area contributed by atoms with Gasteiger partial charge in [0.15, 0.2) is 23.4 Å². The number of para-hydroxylation sites is 2. The summed E-state index contributed by atoms with van der Waals surface area (Å²) in [5, 5.41) is 4.64. The summed E-state index contributed by atoms with van der Waals surface area (Å²) >= 11 is 0. The van der Waals surface area contributed by atoms with Crippen LogP contribution in [0.1, 0.15) is 11.9 Å². The first kappa shape index (κ1) is 15.6. The molecule has 1 aliphatic rings. The molecule has 5 rings (SSSR count). The lowest BCUT2D eigenvalue weighted by Gasteiger charge is -2.24. The third kappa shape index (κ3) is 2.73. The Morgan fingerprint density at radius 3 is 2.67 bits per heavy atom. The molecule has 0 saturated heterocycles. The van der Waals surface area contributed by atoms with E-state index < -0.39 is 0 Å². The number of aromatic nitrogens is 4. The number of methoxy groups -OCH3 is 1. The summed E-state index contributed by atoms with van der Waals surface area (Å²) in [5.41, 5.74) is 1.88. The molecular formula is C20H16N4O3. The predicted octanol–water partition coefficient (Wildman–Crippen LogP) is 3.31. The van der Waals surface area contributed by atoms with E-state index in [1.54, 1.807) is 17.8 Å². The Hall–Kier alpha value is -3.61. The summed E-state index contributed by atoms with van der Waals surface area (Å²) in [6.07, 6.45) is 1.34. The zero-order chi connectivity index (χ0) is 18.2. The molecule has 0 aliphatic carbocycles. The van der Waals surface area contributed by atoms with Crippen molar-refractivity contribution in [2.75, 3.05) is 13.7 Å². The van der Waals surface area contributed by atoms with Crippen molar-refractivity contribution in [3.05, 3.63) is 66.6 Å². The van der Waals surface area contributed by atoms with Gasteiger partial charge in [0.1, 0.15) is 12.4 Å². The average Bonchev–Trinajstić information content (AvgIpc) is 3.18. The van der Waals surface area contributed by atoms with Gasteiger partial charge in [-0.3, -0.25) is 0 Å². The molecule has 0 fully saturated rings. The van der Waals surface area contributed by atoms with E-state index in [9.17, 15) is 0 Å². The molecule has 3 heterocycles. The van der Waals surface area contributed by atoms with Crippen LogP contribution in [0.4, 0.5) is 0 Å². The molecule has 7 heteroatoms. The second-order valence-electron chi connectivity index (χ2n) is 6.10. The van der Waals surface area contributed by atoms with Crippen molar-refractivity contribution >= 4 is 5.78 Å². The molecule has 0 unspecified atom stereocenters. The number of hydrogen-bond donors (Lipinski definition) is 0. The van der Waals surface area contributed by atoms with Crippen molar-refractivity contribution in [3.63, 3.8) is 0 Å². The summed E-state index contributed by atoms with van der Waals surface area (Å²) in [7, 11) is 1.65. The zero-order valence-corrected chi connectivity index (χ0v) is 14.6. The van der Waals surface area contributed by atoms with Crippen molar-refractivity contribution in [3.8, 4) is 28.5 Å². The highest BCUT2D eigenvalue weighted by molar-refractivity contribution is 5.62. The van der Waals surface area contributed by atoms with Crippen LogP contribution >= 0.6 is 0 Å². The van der Waals surface area contributed by atoms with Gasteiger partial charge in [0.25, 0.3) is 5.78 Å². The fraction of sp³-hybridized carbons (Fsp3) is 0.150. The molecule has 7 nitrogen and oxygen atoms in total. The highest BCUT2D eigenvalue weighted by Crippen LogP contribution is 2.35. The Bertz CT molecular complexity index is 1110. The minimum atomic E-state index is -0.384. The van der Waals surface area contributed by atoms with Crippen molar-refractivity contribution in [1.82, 2.24) is 19.6 Å². The van der Waals surface area contributed by atoms with E-state index in [-0.39, 0.29) is 6.10 Å². The minimum absolute atomic E-state index is 0.353. The Morgan fingerprint density at radius 1 is 1.04 bits per heavy atom. The maximum atomic E-state index is 6.02. The zero-order valence-electron chi connectivity index (χ0n) is 14.6. The van der Waals surface area contributed by atoms with E-state index in [2.05, 4.69) is 15.1 Å². The smallest absolute Gasteiger partial charge is 0.253 e. The molecule has 2 aromatic heterocycles. The number of benzene rings is 2. The molecule has 0 amide bonds. The molecule has 0 spiro atoms. The Balaban J connectivity index is 1.52. The van der Waals surface area contributed by atoms with Crippen LogP contribution in [-0.4, -0.2) is 33.3 Å². The Kier molecular flexibility index (Phi) is 3.64. The number of hydrogen-bond acceptors (Lipinski definition) is 6. The van der Waals surface area contributed by atoms with Gasteiger partial charge in [-0.1, -0.05) is 12.1 Å². The van der Waals surface area contributed by atoms with E-state index in [0.717, 1.165) is 22.8 Å². The molecule has 0 radical (unpaired) electrons. The summed E-state index contributed by atoms with van der Waals surface area (Å²) < 4.78 is 18.7. The van der Waals surface area contributed by atoms with Crippen LogP contribution < -0.4 is 14.2 Å². The third-order valence-electron chi connectivity index (χ3n) is 4.44. The van der Waals surface area contributed by atoms with Gasteiger partial charge < -0.3 is 14.2 Å². The molecule has 134 valence electrons. The van der Waals surface area contributed by atoms with Crippen molar-refractivity contribution in [2.24, 2.45) is 0 Å². The van der Waals surface area contributed by atoms with Crippen molar-refractivity contribution < 1.29 is 14.2 Å². The van der Waals surface area contributed by atoms with Crippen LogP contribution in [0.2, 0.25) is 0 Å². The number of ether oxygens (including phenoxy) is 3. The fourth-order valence-electron chi connectivity index (χ4n) is 3.07. The maximum Gasteiger partial charge on any atom is 0.253 e. The van der Waals surface area contributed by atoms with Crippen LogP contribution in [0, 0.1) is 0 Å². The van der Waals surface area contributed by atoms with Crippen LogP contribution in [0.5, 0.6) is 17.2 Å². The molecule has 2 aromatic carbocycles. The number of nitrogens with zero attached hydrogens (tertiary/aromatic N) is 4. The van der Waals surface area contributed by atoms with E-state index in [4.69, 9.17) is 14.2 Å². The quantitative estimate of drug-likeness (QED) is 0.558. The van der Waals surface area contributed by atoms with Gasteiger partial charge in [-0.2, -0.15) is 9.50 Å². The minimum Gasteiger partial charge on any atom is -0.497 e. The van der Waals surface area contributed by atoms with Gasteiger partial charge in [0.05, 0.1) is 12.8 Å². The second kappa shape index (κ2) is 6.28. The van der Waals surface area contributed by atoms with E-state index >= 15 is 0 Å². The molecule has 0 N–H and O–H groups in total. The lowest BCUT2D eigenvalue weighted by atomic mass is 10.1. The lowest BCUT2D eigenvalue weighted by Crippen LogP contribution is -2.22. The van der Waals surface area contributed by atoms with Gasteiger partial charge >= 0.3 is 0 Å². The van der Waals surface area contributed by atoms with E-state index in [0.29, 0.717) is 24.0 Å².